The summed E-state index contributed by atoms with van der Waals surface area (Å²) in [5, 5.41) is 5.52. The summed E-state index contributed by atoms with van der Waals surface area (Å²) in [4.78, 5) is 17.0. The van der Waals surface area contributed by atoms with Crippen LogP contribution in [0.25, 0.3) is 11.0 Å². The number of aromatic nitrogens is 2. The number of imidazole rings is 1. The largest absolute Gasteiger partial charge is 0.314 e. The second kappa shape index (κ2) is 9.81. The van der Waals surface area contributed by atoms with Crippen molar-refractivity contribution in [2.24, 2.45) is 5.10 Å². The lowest BCUT2D eigenvalue weighted by Crippen LogP contribution is -2.20. The van der Waals surface area contributed by atoms with Crippen molar-refractivity contribution in [3.63, 3.8) is 0 Å². The zero-order chi connectivity index (χ0) is 21.6. The molecule has 0 aliphatic rings. The third-order valence-electron chi connectivity index (χ3n) is 4.72. The molecule has 7 heteroatoms. The minimum Gasteiger partial charge on any atom is -0.314 e. The first-order valence-electron chi connectivity index (χ1n) is 9.80. The van der Waals surface area contributed by atoms with Crippen molar-refractivity contribution in [2.45, 2.75) is 18.6 Å². The summed E-state index contributed by atoms with van der Waals surface area (Å²) >= 11 is 7.75. The number of nitrogens with zero attached hydrogens (tertiary/aromatic N) is 3. The van der Waals surface area contributed by atoms with Crippen LogP contribution >= 0.6 is 23.4 Å². The van der Waals surface area contributed by atoms with Gasteiger partial charge in [0.2, 0.25) is 0 Å². The Morgan fingerprint density at radius 2 is 1.84 bits per heavy atom. The van der Waals surface area contributed by atoms with E-state index in [4.69, 9.17) is 16.6 Å². The van der Waals surface area contributed by atoms with Crippen molar-refractivity contribution < 1.29 is 4.79 Å². The molecular weight excluding hydrogens is 428 g/mol. The van der Waals surface area contributed by atoms with Gasteiger partial charge >= 0.3 is 0 Å². The van der Waals surface area contributed by atoms with Crippen LogP contribution in [0.3, 0.4) is 0 Å². The van der Waals surface area contributed by atoms with E-state index < -0.39 is 0 Å². The lowest BCUT2D eigenvalue weighted by atomic mass is 10.2. The molecule has 0 saturated carbocycles. The number of aryl methyl sites for hydroxylation is 1. The first-order chi connectivity index (χ1) is 15.1. The highest BCUT2D eigenvalue weighted by atomic mass is 35.5. The average Bonchev–Trinajstić information content (AvgIpc) is 3.13. The maximum absolute atomic E-state index is 12.3. The highest BCUT2D eigenvalue weighted by molar-refractivity contribution is 7.99. The average molecular weight is 449 g/mol. The maximum atomic E-state index is 12.3. The molecule has 1 N–H and O–H groups in total. The van der Waals surface area contributed by atoms with Crippen LogP contribution in [-0.4, -0.2) is 27.4 Å². The van der Waals surface area contributed by atoms with Gasteiger partial charge in [0, 0.05) is 5.02 Å². The zero-order valence-electron chi connectivity index (χ0n) is 17.0. The molecule has 0 saturated heterocycles. The number of fused-ring (bicyclic) bond motifs is 1. The van der Waals surface area contributed by atoms with Gasteiger partial charge in [-0.25, -0.2) is 10.4 Å². The van der Waals surface area contributed by atoms with Gasteiger partial charge in [-0.2, -0.15) is 5.10 Å². The third kappa shape index (κ3) is 5.34. The van der Waals surface area contributed by atoms with E-state index in [1.807, 2.05) is 79.7 Å². The van der Waals surface area contributed by atoms with Gasteiger partial charge in [0.05, 0.1) is 29.5 Å². The standard InChI is InChI=1S/C24H21ClN4OS/c1-17-10-12-18(13-11-17)14-26-28-23(30)16-31-24-27-21-8-4-5-9-22(21)29(24)15-19-6-2-3-7-20(19)25/h2-14H,15-16H2,1H3,(H,28,30)/b26-14-. The van der Waals surface area contributed by atoms with Gasteiger partial charge in [-0.05, 0) is 36.2 Å². The van der Waals surface area contributed by atoms with Crippen LogP contribution in [-0.2, 0) is 11.3 Å². The SMILES string of the molecule is Cc1ccc(/C=N\NC(=O)CSc2nc3ccccc3n2Cc2ccccc2Cl)cc1. The first kappa shape index (κ1) is 21.2. The Hall–Kier alpha value is -3.09. The van der Waals surface area contributed by atoms with Crippen molar-refractivity contribution in [3.8, 4) is 0 Å². The van der Waals surface area contributed by atoms with E-state index in [1.165, 1.54) is 17.3 Å². The normalized spacial score (nSPS) is 11.3. The summed E-state index contributed by atoms with van der Waals surface area (Å²) < 4.78 is 2.09. The van der Waals surface area contributed by atoms with Crippen LogP contribution in [0.4, 0.5) is 0 Å². The van der Waals surface area contributed by atoms with E-state index in [9.17, 15) is 4.79 Å². The van der Waals surface area contributed by atoms with Crippen molar-refractivity contribution in [3.05, 3.63) is 94.5 Å². The van der Waals surface area contributed by atoms with E-state index >= 15 is 0 Å². The lowest BCUT2D eigenvalue weighted by Gasteiger charge is -2.10. The predicted octanol–water partition coefficient (Wildman–Crippen LogP) is 5.29. The number of hydrogen-bond acceptors (Lipinski definition) is 4. The van der Waals surface area contributed by atoms with Gasteiger partial charge in [-0.1, -0.05) is 83.5 Å². The molecule has 1 heterocycles. The number of halogens is 1. The van der Waals surface area contributed by atoms with Crippen molar-refractivity contribution in [2.75, 3.05) is 5.75 Å². The van der Waals surface area contributed by atoms with Crippen molar-refractivity contribution in [1.29, 1.82) is 0 Å². The fourth-order valence-electron chi connectivity index (χ4n) is 3.11. The van der Waals surface area contributed by atoms with Crippen molar-refractivity contribution in [1.82, 2.24) is 15.0 Å². The van der Waals surface area contributed by atoms with Gasteiger partial charge < -0.3 is 4.57 Å². The first-order valence-corrected chi connectivity index (χ1v) is 11.2. The van der Waals surface area contributed by atoms with Crippen LogP contribution in [0.2, 0.25) is 5.02 Å². The summed E-state index contributed by atoms with van der Waals surface area (Å²) in [5.41, 5.74) is 7.58. The molecule has 0 aliphatic carbocycles. The van der Waals surface area contributed by atoms with Gasteiger partial charge in [0.15, 0.2) is 5.16 Å². The molecule has 0 bridgehead atoms. The molecule has 0 spiro atoms. The number of amides is 1. The number of thioether (sulfide) groups is 1. The summed E-state index contributed by atoms with van der Waals surface area (Å²) in [6.45, 7) is 2.61. The molecule has 3 aromatic carbocycles. The molecule has 0 fully saturated rings. The molecule has 1 aromatic heterocycles. The van der Waals surface area contributed by atoms with Gasteiger partial charge in [0.1, 0.15) is 0 Å². The van der Waals surface area contributed by atoms with Crippen LogP contribution in [0.1, 0.15) is 16.7 Å². The summed E-state index contributed by atoms with van der Waals surface area (Å²) in [7, 11) is 0. The Kier molecular flexibility index (Phi) is 6.70. The highest BCUT2D eigenvalue weighted by Crippen LogP contribution is 2.27. The number of hydrogen-bond donors (Lipinski definition) is 1. The van der Waals surface area contributed by atoms with E-state index in [0.29, 0.717) is 11.6 Å². The number of benzene rings is 3. The molecule has 0 radical (unpaired) electrons. The monoisotopic (exact) mass is 448 g/mol. The topological polar surface area (TPSA) is 59.3 Å². The number of para-hydroxylation sites is 2. The predicted molar refractivity (Wildman–Crippen MR) is 128 cm³/mol. The lowest BCUT2D eigenvalue weighted by molar-refractivity contribution is -0.118. The maximum Gasteiger partial charge on any atom is 0.250 e. The minimum absolute atomic E-state index is 0.190. The fraction of sp³-hybridized carbons (Fsp3) is 0.125. The zero-order valence-corrected chi connectivity index (χ0v) is 18.5. The Bertz CT molecular complexity index is 1230. The summed E-state index contributed by atoms with van der Waals surface area (Å²) in [5.74, 6) is 0.0154. The molecule has 5 nitrogen and oxygen atoms in total. The van der Waals surface area contributed by atoms with Gasteiger partial charge in [0.25, 0.3) is 5.91 Å². The quantitative estimate of drug-likeness (QED) is 0.237. The number of carbonyl (C=O) groups excluding carboxylic acids is 1. The van der Waals surface area contributed by atoms with E-state index in [1.54, 1.807) is 6.21 Å². The molecular formula is C24H21ClN4OS. The van der Waals surface area contributed by atoms with Crippen LogP contribution < -0.4 is 5.43 Å². The molecule has 156 valence electrons. The van der Waals surface area contributed by atoms with E-state index in [2.05, 4.69) is 15.1 Å². The Morgan fingerprint density at radius 1 is 1.10 bits per heavy atom. The van der Waals surface area contributed by atoms with Crippen LogP contribution in [0.15, 0.2) is 83.1 Å². The molecule has 0 aliphatic heterocycles. The van der Waals surface area contributed by atoms with E-state index in [0.717, 1.165) is 27.3 Å². The Morgan fingerprint density at radius 3 is 2.65 bits per heavy atom. The van der Waals surface area contributed by atoms with Gasteiger partial charge in [-0.3, -0.25) is 4.79 Å². The fourth-order valence-corrected chi connectivity index (χ4v) is 4.11. The molecule has 31 heavy (non-hydrogen) atoms. The highest BCUT2D eigenvalue weighted by Gasteiger charge is 2.14. The van der Waals surface area contributed by atoms with Crippen LogP contribution in [0.5, 0.6) is 0 Å². The number of hydrazone groups is 1. The Balaban J connectivity index is 1.46. The molecule has 0 atom stereocenters. The second-order valence-corrected chi connectivity index (χ2v) is 8.40. The molecule has 4 rings (SSSR count). The smallest absolute Gasteiger partial charge is 0.250 e. The minimum atomic E-state index is -0.190. The van der Waals surface area contributed by atoms with Crippen molar-refractivity contribution >= 4 is 46.5 Å². The molecule has 0 unspecified atom stereocenters. The third-order valence-corrected chi connectivity index (χ3v) is 6.06. The Labute approximate surface area is 190 Å². The number of rotatable bonds is 7. The van der Waals surface area contributed by atoms with Gasteiger partial charge in [-0.15, -0.1) is 0 Å². The van der Waals surface area contributed by atoms with Crippen LogP contribution in [0, 0.1) is 6.92 Å². The number of carbonyl (C=O) groups is 1. The summed E-state index contributed by atoms with van der Waals surface area (Å²) in [6, 6.07) is 23.6. The molecule has 4 aromatic rings. The molecule has 1 amide bonds. The number of nitrogens with one attached hydrogen (secondary N) is 1. The summed E-state index contributed by atoms with van der Waals surface area (Å²) in [6.07, 6.45) is 1.63. The van der Waals surface area contributed by atoms with E-state index in [-0.39, 0.29) is 11.7 Å². The second-order valence-electron chi connectivity index (χ2n) is 7.05.